The molecule has 20 heavy (non-hydrogen) atoms. The highest BCUT2D eigenvalue weighted by atomic mass is 16.7. The van der Waals surface area contributed by atoms with Gasteiger partial charge in [-0.3, -0.25) is 4.90 Å². The van der Waals surface area contributed by atoms with Crippen molar-refractivity contribution in [1.29, 1.82) is 0 Å². The Morgan fingerprint density at radius 2 is 2.25 bits per heavy atom. The number of carbonyl (C=O) groups excluding carboxylic acids is 1. The fraction of sp³-hybridized carbons (Fsp3) is 0.357. The number of hydrogen-bond donors (Lipinski definition) is 1. The molecule has 0 radical (unpaired) electrons. The van der Waals surface area contributed by atoms with Gasteiger partial charge in [-0.1, -0.05) is 12.7 Å². The molecular formula is C14H15NO5. The van der Waals surface area contributed by atoms with Crippen LogP contribution >= 0.6 is 0 Å². The highest BCUT2D eigenvalue weighted by molar-refractivity contribution is 5.92. The number of anilines is 1. The van der Waals surface area contributed by atoms with Crippen molar-refractivity contribution >= 4 is 11.8 Å². The fourth-order valence-corrected chi connectivity index (χ4v) is 2.50. The summed E-state index contributed by atoms with van der Waals surface area (Å²) in [5.74, 6) is 1.27. The summed E-state index contributed by atoms with van der Waals surface area (Å²) >= 11 is 0. The maximum absolute atomic E-state index is 12.1. The largest absolute Gasteiger partial charge is 0.454 e. The zero-order chi connectivity index (χ0) is 14.1. The summed E-state index contributed by atoms with van der Waals surface area (Å²) < 4.78 is 15.7. The molecule has 3 rings (SSSR count). The summed E-state index contributed by atoms with van der Waals surface area (Å²) in [6.07, 6.45) is 1.57. The molecule has 1 N–H and O–H groups in total. The molecule has 0 bridgehead atoms. The van der Waals surface area contributed by atoms with Crippen LogP contribution in [-0.4, -0.2) is 37.2 Å². The molecule has 6 heteroatoms. The number of nitrogens with zero attached hydrogens (tertiary/aromatic N) is 1. The van der Waals surface area contributed by atoms with Gasteiger partial charge in [-0.25, -0.2) is 4.79 Å². The summed E-state index contributed by atoms with van der Waals surface area (Å²) in [6.45, 7) is 3.69. The lowest BCUT2D eigenvalue weighted by Gasteiger charge is -2.23. The van der Waals surface area contributed by atoms with Crippen molar-refractivity contribution in [1.82, 2.24) is 0 Å². The van der Waals surface area contributed by atoms with E-state index in [4.69, 9.17) is 14.2 Å². The van der Waals surface area contributed by atoms with E-state index in [0.717, 1.165) is 5.56 Å². The molecule has 1 aromatic carbocycles. The van der Waals surface area contributed by atoms with Gasteiger partial charge in [0.05, 0.1) is 18.3 Å². The van der Waals surface area contributed by atoms with Crippen LogP contribution in [0.1, 0.15) is 5.56 Å². The third-order valence-corrected chi connectivity index (χ3v) is 3.39. The summed E-state index contributed by atoms with van der Waals surface area (Å²) in [4.78, 5) is 13.6. The Morgan fingerprint density at radius 1 is 1.50 bits per heavy atom. The lowest BCUT2D eigenvalue weighted by Crippen LogP contribution is -2.40. The average molecular weight is 277 g/mol. The molecule has 1 aromatic rings. The predicted molar refractivity (Wildman–Crippen MR) is 71.2 cm³/mol. The minimum atomic E-state index is -0.499. The Bertz CT molecular complexity index is 557. The normalized spacial score (nSPS) is 18.9. The van der Waals surface area contributed by atoms with Gasteiger partial charge in [0.15, 0.2) is 11.5 Å². The first-order valence-electron chi connectivity index (χ1n) is 6.35. The minimum absolute atomic E-state index is 0.132. The highest BCUT2D eigenvalue weighted by Crippen LogP contribution is 2.43. The third kappa shape index (κ3) is 1.98. The van der Waals surface area contributed by atoms with Crippen molar-refractivity contribution in [3.63, 3.8) is 0 Å². The van der Waals surface area contributed by atoms with E-state index in [-0.39, 0.29) is 26.0 Å². The van der Waals surface area contributed by atoms with Crippen LogP contribution in [0.15, 0.2) is 24.8 Å². The minimum Gasteiger partial charge on any atom is -0.454 e. The molecule has 6 nitrogen and oxygen atoms in total. The van der Waals surface area contributed by atoms with E-state index in [1.807, 2.05) is 6.07 Å². The van der Waals surface area contributed by atoms with Gasteiger partial charge in [-0.05, 0) is 18.1 Å². The SMILES string of the molecule is C=CCOC(=O)N1c2cc3c(cc2C[C@H]1CO)OCO3. The van der Waals surface area contributed by atoms with E-state index in [0.29, 0.717) is 23.6 Å². The third-order valence-electron chi connectivity index (χ3n) is 3.39. The smallest absolute Gasteiger partial charge is 0.414 e. The van der Waals surface area contributed by atoms with Gasteiger partial charge in [0.25, 0.3) is 0 Å². The maximum atomic E-state index is 12.1. The van der Waals surface area contributed by atoms with Crippen LogP contribution in [0.25, 0.3) is 0 Å². The lowest BCUT2D eigenvalue weighted by molar-refractivity contribution is 0.159. The van der Waals surface area contributed by atoms with Crippen LogP contribution in [0.3, 0.4) is 0 Å². The Morgan fingerprint density at radius 3 is 2.95 bits per heavy atom. The van der Waals surface area contributed by atoms with Gasteiger partial charge in [-0.15, -0.1) is 0 Å². The first-order chi connectivity index (χ1) is 9.74. The number of amides is 1. The summed E-state index contributed by atoms with van der Waals surface area (Å²) in [7, 11) is 0. The fourth-order valence-electron chi connectivity index (χ4n) is 2.50. The molecule has 106 valence electrons. The molecule has 0 aromatic heterocycles. The van der Waals surface area contributed by atoms with Crippen molar-refractivity contribution in [2.75, 3.05) is 24.9 Å². The summed E-state index contributed by atoms with van der Waals surface area (Å²) in [6, 6.07) is 3.27. The second-order valence-electron chi connectivity index (χ2n) is 4.61. The first kappa shape index (κ1) is 12.8. The van der Waals surface area contributed by atoms with E-state index in [9.17, 15) is 9.90 Å². The Labute approximate surface area is 116 Å². The Kier molecular flexibility index (Phi) is 3.23. The zero-order valence-electron chi connectivity index (χ0n) is 10.9. The number of aliphatic hydroxyl groups is 1. The molecule has 1 atom stereocenters. The van der Waals surface area contributed by atoms with Gasteiger partial charge in [0.2, 0.25) is 6.79 Å². The topological polar surface area (TPSA) is 68.2 Å². The number of ether oxygens (including phenoxy) is 3. The average Bonchev–Trinajstić information content (AvgIpc) is 3.04. The molecule has 0 unspecified atom stereocenters. The number of rotatable bonds is 3. The summed E-state index contributed by atoms with van der Waals surface area (Å²) in [5, 5.41) is 9.46. The molecule has 2 heterocycles. The van der Waals surface area contributed by atoms with Crippen LogP contribution in [0.5, 0.6) is 11.5 Å². The van der Waals surface area contributed by atoms with Crippen LogP contribution in [0.4, 0.5) is 10.5 Å². The van der Waals surface area contributed by atoms with Crippen molar-refractivity contribution in [3.05, 3.63) is 30.4 Å². The maximum Gasteiger partial charge on any atom is 0.414 e. The van der Waals surface area contributed by atoms with Gasteiger partial charge in [0.1, 0.15) is 6.61 Å². The Hall–Kier alpha value is -2.21. The molecule has 1 amide bonds. The molecule has 0 saturated heterocycles. The van der Waals surface area contributed by atoms with Gasteiger partial charge < -0.3 is 19.3 Å². The number of carbonyl (C=O) groups is 1. The monoisotopic (exact) mass is 277 g/mol. The summed E-state index contributed by atoms with van der Waals surface area (Å²) in [5.41, 5.74) is 1.63. The lowest BCUT2D eigenvalue weighted by atomic mass is 10.1. The molecule has 0 fully saturated rings. The van der Waals surface area contributed by atoms with Crippen LogP contribution in [0.2, 0.25) is 0 Å². The first-order valence-corrected chi connectivity index (χ1v) is 6.35. The second kappa shape index (κ2) is 5.05. The van der Waals surface area contributed by atoms with Crippen molar-refractivity contribution in [2.24, 2.45) is 0 Å². The Balaban J connectivity index is 1.94. The number of benzene rings is 1. The number of fused-ring (bicyclic) bond motifs is 2. The standard InChI is InChI=1S/C14H15NO5/c1-2-3-18-14(17)15-10(7-16)4-9-5-12-13(6-11(9)15)20-8-19-12/h2,5-6,10,16H,1,3-4,7-8H2/t10-/m0/s1. The van der Waals surface area contributed by atoms with E-state index in [1.54, 1.807) is 6.07 Å². The van der Waals surface area contributed by atoms with Crippen molar-refractivity contribution in [2.45, 2.75) is 12.5 Å². The zero-order valence-corrected chi connectivity index (χ0v) is 10.9. The molecule has 0 saturated carbocycles. The van der Waals surface area contributed by atoms with Crippen LogP contribution in [0, 0.1) is 0 Å². The highest BCUT2D eigenvalue weighted by Gasteiger charge is 2.36. The van der Waals surface area contributed by atoms with Crippen LogP contribution < -0.4 is 14.4 Å². The number of hydrogen-bond acceptors (Lipinski definition) is 5. The second-order valence-corrected chi connectivity index (χ2v) is 4.61. The molecule has 2 aliphatic heterocycles. The van der Waals surface area contributed by atoms with E-state index in [2.05, 4.69) is 6.58 Å². The predicted octanol–water partition coefficient (Wildman–Crippen LogP) is 1.46. The number of aliphatic hydroxyl groups excluding tert-OH is 1. The van der Waals surface area contributed by atoms with Gasteiger partial charge >= 0.3 is 6.09 Å². The quantitative estimate of drug-likeness (QED) is 0.847. The van der Waals surface area contributed by atoms with Gasteiger partial charge in [0, 0.05) is 6.07 Å². The van der Waals surface area contributed by atoms with E-state index >= 15 is 0 Å². The van der Waals surface area contributed by atoms with Crippen LogP contribution in [-0.2, 0) is 11.2 Å². The molecular weight excluding hydrogens is 262 g/mol. The molecule has 2 aliphatic rings. The van der Waals surface area contributed by atoms with Crippen molar-refractivity contribution in [3.8, 4) is 11.5 Å². The van der Waals surface area contributed by atoms with E-state index < -0.39 is 6.09 Å². The van der Waals surface area contributed by atoms with Gasteiger partial charge in [-0.2, -0.15) is 0 Å². The van der Waals surface area contributed by atoms with Crippen molar-refractivity contribution < 1.29 is 24.1 Å². The molecule has 0 spiro atoms. The molecule has 0 aliphatic carbocycles. The van der Waals surface area contributed by atoms with E-state index in [1.165, 1.54) is 11.0 Å².